The van der Waals surface area contributed by atoms with Crippen molar-refractivity contribution >= 4 is 34.6 Å². The van der Waals surface area contributed by atoms with E-state index >= 15 is 0 Å². The lowest BCUT2D eigenvalue weighted by molar-refractivity contribution is 1.02. The predicted molar refractivity (Wildman–Crippen MR) is 58.4 cm³/mol. The summed E-state index contributed by atoms with van der Waals surface area (Å²) in [4.78, 5) is 0. The largest absolute Gasteiger partial charge is 0.397 e. The van der Waals surface area contributed by atoms with E-state index in [1.165, 1.54) is 0 Å². The molecule has 5 heteroatoms. The molecule has 0 saturated carbocycles. The van der Waals surface area contributed by atoms with E-state index in [9.17, 15) is 0 Å². The smallest absolute Gasteiger partial charge is 0.0653 e. The molecule has 0 aliphatic rings. The number of benzene rings is 1. The number of hydrogen-bond acceptors (Lipinski definition) is 3. The van der Waals surface area contributed by atoms with Crippen molar-refractivity contribution in [1.29, 1.82) is 0 Å². The topological polar surface area (TPSA) is 64.1 Å². The Balaban J connectivity index is 2.88. The maximum atomic E-state index is 5.89. The van der Waals surface area contributed by atoms with Crippen LogP contribution in [0.5, 0.6) is 0 Å². The lowest BCUT2D eigenvalue weighted by Crippen LogP contribution is -2.13. The quantitative estimate of drug-likeness (QED) is 0.682. The molecule has 13 heavy (non-hydrogen) atoms. The van der Waals surface area contributed by atoms with E-state index < -0.39 is 0 Å². The van der Waals surface area contributed by atoms with Crippen LogP contribution in [0.15, 0.2) is 12.1 Å². The molecule has 5 N–H and O–H groups in total. The summed E-state index contributed by atoms with van der Waals surface area (Å²) in [5, 5.41) is 4.05. The molecule has 3 nitrogen and oxygen atoms in total. The molecule has 1 aromatic rings. The van der Waals surface area contributed by atoms with Crippen LogP contribution in [0.25, 0.3) is 0 Å². The number of nitrogens with one attached hydrogen (secondary N) is 1. The van der Waals surface area contributed by atoms with E-state index in [0.29, 0.717) is 28.8 Å². The summed E-state index contributed by atoms with van der Waals surface area (Å²) in [6.45, 7) is 1.19. The molecular formula is C8H11Cl2N3. The van der Waals surface area contributed by atoms with Gasteiger partial charge >= 0.3 is 0 Å². The zero-order chi connectivity index (χ0) is 9.84. The van der Waals surface area contributed by atoms with Gasteiger partial charge in [-0.3, -0.25) is 0 Å². The van der Waals surface area contributed by atoms with Crippen molar-refractivity contribution in [2.45, 2.75) is 0 Å². The summed E-state index contributed by atoms with van der Waals surface area (Å²) >= 11 is 11.7. The first-order valence-corrected chi connectivity index (χ1v) is 4.59. The lowest BCUT2D eigenvalue weighted by Gasteiger charge is -2.08. The van der Waals surface area contributed by atoms with Gasteiger partial charge < -0.3 is 16.8 Å². The predicted octanol–water partition coefficient (Wildman–Crippen LogP) is 1.95. The van der Waals surface area contributed by atoms with Crippen molar-refractivity contribution in [3.8, 4) is 0 Å². The molecule has 0 aromatic heterocycles. The first-order valence-electron chi connectivity index (χ1n) is 3.83. The third-order valence-electron chi connectivity index (χ3n) is 1.55. The van der Waals surface area contributed by atoms with Crippen LogP contribution < -0.4 is 16.8 Å². The van der Waals surface area contributed by atoms with Crippen molar-refractivity contribution in [2.24, 2.45) is 5.73 Å². The molecule has 0 heterocycles. The van der Waals surface area contributed by atoms with E-state index in [1.54, 1.807) is 12.1 Å². The van der Waals surface area contributed by atoms with Crippen LogP contribution in [0.3, 0.4) is 0 Å². The fraction of sp³-hybridized carbons (Fsp3) is 0.250. The molecule has 0 spiro atoms. The van der Waals surface area contributed by atoms with Gasteiger partial charge in [0.15, 0.2) is 0 Å². The summed E-state index contributed by atoms with van der Waals surface area (Å²) in [5.74, 6) is 0. The Morgan fingerprint density at radius 1 is 1.23 bits per heavy atom. The fourth-order valence-electron chi connectivity index (χ4n) is 0.908. The lowest BCUT2D eigenvalue weighted by atomic mass is 10.3. The summed E-state index contributed by atoms with van der Waals surface area (Å²) in [5.41, 5.74) is 12.2. The maximum Gasteiger partial charge on any atom is 0.0653 e. The van der Waals surface area contributed by atoms with Gasteiger partial charge in [-0.25, -0.2) is 0 Å². The Kier molecular flexibility index (Phi) is 3.66. The molecular weight excluding hydrogens is 209 g/mol. The van der Waals surface area contributed by atoms with Gasteiger partial charge in [0.25, 0.3) is 0 Å². The molecule has 1 aromatic carbocycles. The van der Waals surface area contributed by atoms with Crippen LogP contribution in [0, 0.1) is 0 Å². The van der Waals surface area contributed by atoms with E-state index in [1.807, 2.05) is 0 Å². The minimum absolute atomic E-state index is 0.461. The summed E-state index contributed by atoms with van der Waals surface area (Å²) in [6.07, 6.45) is 0. The minimum atomic E-state index is 0.461. The van der Waals surface area contributed by atoms with Crippen LogP contribution in [0.2, 0.25) is 10.0 Å². The number of halogens is 2. The Hall–Kier alpha value is -0.640. The second kappa shape index (κ2) is 4.56. The standard InChI is InChI=1S/C8H11Cl2N3/c9-5-3-6(10)8(4-7(5)12)13-2-1-11/h3-4,13H,1-2,11-12H2. The fourth-order valence-corrected chi connectivity index (χ4v) is 1.36. The normalized spacial score (nSPS) is 10.1. The number of anilines is 2. The highest BCUT2D eigenvalue weighted by Crippen LogP contribution is 2.30. The summed E-state index contributed by atoms with van der Waals surface area (Å²) in [6, 6.07) is 3.30. The average Bonchev–Trinajstić information content (AvgIpc) is 2.09. The zero-order valence-electron chi connectivity index (χ0n) is 6.98. The maximum absolute atomic E-state index is 5.89. The minimum Gasteiger partial charge on any atom is -0.397 e. The van der Waals surface area contributed by atoms with Gasteiger partial charge in [-0.15, -0.1) is 0 Å². The van der Waals surface area contributed by atoms with Gasteiger partial charge in [0.2, 0.25) is 0 Å². The Labute approximate surface area is 87.0 Å². The average molecular weight is 220 g/mol. The Bertz CT molecular complexity index is 302. The van der Waals surface area contributed by atoms with Crippen LogP contribution in [-0.2, 0) is 0 Å². The Morgan fingerprint density at radius 2 is 1.92 bits per heavy atom. The van der Waals surface area contributed by atoms with Crippen LogP contribution in [-0.4, -0.2) is 13.1 Å². The number of nitrogen functional groups attached to an aromatic ring is 1. The van der Waals surface area contributed by atoms with Gasteiger partial charge in [-0.2, -0.15) is 0 Å². The highest BCUT2D eigenvalue weighted by atomic mass is 35.5. The molecule has 0 aliphatic heterocycles. The zero-order valence-corrected chi connectivity index (χ0v) is 8.49. The highest BCUT2D eigenvalue weighted by molar-refractivity contribution is 6.37. The van der Waals surface area contributed by atoms with Gasteiger partial charge in [0.1, 0.15) is 0 Å². The highest BCUT2D eigenvalue weighted by Gasteiger charge is 2.03. The molecule has 0 amide bonds. The van der Waals surface area contributed by atoms with Gasteiger partial charge in [0.05, 0.1) is 21.4 Å². The van der Waals surface area contributed by atoms with Crippen LogP contribution in [0.4, 0.5) is 11.4 Å². The molecule has 0 atom stereocenters. The summed E-state index contributed by atoms with van der Waals surface area (Å²) in [7, 11) is 0. The monoisotopic (exact) mass is 219 g/mol. The molecule has 0 bridgehead atoms. The second-order valence-electron chi connectivity index (χ2n) is 2.57. The first kappa shape index (κ1) is 10.4. The third-order valence-corrected chi connectivity index (χ3v) is 2.19. The van der Waals surface area contributed by atoms with E-state index in [0.717, 1.165) is 5.69 Å². The molecule has 72 valence electrons. The van der Waals surface area contributed by atoms with Gasteiger partial charge in [0, 0.05) is 13.1 Å². The van der Waals surface area contributed by atoms with Crippen molar-refractivity contribution in [3.63, 3.8) is 0 Å². The Morgan fingerprint density at radius 3 is 2.54 bits per heavy atom. The number of nitrogens with two attached hydrogens (primary N) is 2. The van der Waals surface area contributed by atoms with Crippen LogP contribution in [0.1, 0.15) is 0 Å². The number of hydrogen-bond donors (Lipinski definition) is 3. The molecule has 0 fully saturated rings. The first-order chi connectivity index (χ1) is 6.15. The summed E-state index contributed by atoms with van der Waals surface area (Å²) < 4.78 is 0. The number of rotatable bonds is 3. The van der Waals surface area contributed by atoms with Gasteiger partial charge in [-0.1, -0.05) is 23.2 Å². The van der Waals surface area contributed by atoms with E-state index in [2.05, 4.69) is 5.32 Å². The van der Waals surface area contributed by atoms with Gasteiger partial charge in [-0.05, 0) is 12.1 Å². The van der Waals surface area contributed by atoms with Crippen molar-refractivity contribution in [3.05, 3.63) is 22.2 Å². The van der Waals surface area contributed by atoms with Crippen molar-refractivity contribution < 1.29 is 0 Å². The molecule has 0 saturated heterocycles. The molecule has 0 unspecified atom stereocenters. The van der Waals surface area contributed by atoms with E-state index in [4.69, 9.17) is 34.7 Å². The third kappa shape index (κ3) is 2.66. The molecule has 0 radical (unpaired) electrons. The van der Waals surface area contributed by atoms with E-state index in [-0.39, 0.29) is 0 Å². The second-order valence-corrected chi connectivity index (χ2v) is 3.38. The molecule has 0 aliphatic carbocycles. The van der Waals surface area contributed by atoms with Crippen molar-refractivity contribution in [2.75, 3.05) is 24.1 Å². The molecule has 1 rings (SSSR count). The van der Waals surface area contributed by atoms with Crippen LogP contribution >= 0.6 is 23.2 Å². The van der Waals surface area contributed by atoms with Crippen molar-refractivity contribution in [1.82, 2.24) is 0 Å². The SMILES string of the molecule is NCCNc1cc(N)c(Cl)cc1Cl.